The first-order chi connectivity index (χ1) is 9.06. The number of hydrogen-bond acceptors (Lipinski definition) is 0. The van der Waals surface area contributed by atoms with Crippen LogP contribution in [0.25, 0.3) is 12.2 Å². The second-order valence-electron chi connectivity index (χ2n) is 4.66. The van der Waals surface area contributed by atoms with Gasteiger partial charge in [-0.1, -0.05) is 92.0 Å². The van der Waals surface area contributed by atoms with Crippen molar-refractivity contribution in [2.24, 2.45) is 0 Å². The lowest BCUT2D eigenvalue weighted by Gasteiger charge is -2.07. The average molecular weight is 380 g/mol. The quantitative estimate of drug-likeness (QED) is 0.436. The minimum absolute atomic E-state index is 0.217. The lowest BCUT2D eigenvalue weighted by Crippen LogP contribution is -1.87. The van der Waals surface area contributed by atoms with E-state index in [0.717, 1.165) is 0 Å². The number of rotatable bonds is 3. The van der Waals surface area contributed by atoms with Gasteiger partial charge in [0.25, 0.3) is 0 Å². The van der Waals surface area contributed by atoms with Crippen LogP contribution < -0.4 is 0 Å². The van der Waals surface area contributed by atoms with E-state index in [2.05, 4.69) is 100 Å². The zero-order chi connectivity index (χ0) is 13.8. The average Bonchev–Trinajstić information content (AvgIpc) is 2.36. The van der Waals surface area contributed by atoms with Crippen molar-refractivity contribution < 1.29 is 0 Å². The molecule has 0 aliphatic heterocycles. The molecule has 0 N–H and O–H groups in total. The number of benzene rings is 2. The molecule has 2 aromatic rings. The topological polar surface area (TPSA) is 0 Å². The first-order valence-corrected chi connectivity index (χ1v) is 8.03. The molecule has 0 aliphatic rings. The molecule has 0 fully saturated rings. The summed E-state index contributed by atoms with van der Waals surface area (Å²) in [7, 11) is 0. The maximum absolute atomic E-state index is 3.54. The van der Waals surface area contributed by atoms with Crippen LogP contribution in [0.2, 0.25) is 0 Å². The fraction of sp³-hybridized carbons (Fsp3) is 0.176. The third-order valence-corrected chi connectivity index (χ3v) is 4.03. The summed E-state index contributed by atoms with van der Waals surface area (Å²) in [5.41, 5.74) is 6.30. The molecule has 19 heavy (non-hydrogen) atoms. The highest BCUT2D eigenvalue weighted by Gasteiger charge is 2.05. The molecule has 0 saturated carbocycles. The van der Waals surface area contributed by atoms with Crippen molar-refractivity contribution in [2.45, 2.75) is 17.6 Å². The van der Waals surface area contributed by atoms with Gasteiger partial charge in [0.15, 0.2) is 0 Å². The van der Waals surface area contributed by atoms with Gasteiger partial charge < -0.3 is 0 Å². The molecule has 0 saturated heterocycles. The van der Waals surface area contributed by atoms with Crippen LogP contribution in [-0.4, -0.2) is 0 Å². The van der Waals surface area contributed by atoms with Crippen LogP contribution in [0.3, 0.4) is 0 Å². The van der Waals surface area contributed by atoms with Crippen molar-refractivity contribution in [1.82, 2.24) is 0 Å². The van der Waals surface area contributed by atoms with E-state index < -0.39 is 0 Å². The normalized spacial score (nSPS) is 11.4. The molecule has 0 radical (unpaired) electrons. The van der Waals surface area contributed by atoms with Crippen LogP contribution >= 0.6 is 31.9 Å². The summed E-state index contributed by atoms with van der Waals surface area (Å²) in [6, 6.07) is 15.0. The maximum Gasteiger partial charge on any atom is 0.0949 e. The molecule has 0 nitrogen and oxygen atoms in total. The van der Waals surface area contributed by atoms with Crippen molar-refractivity contribution in [3.63, 3.8) is 0 Å². The molecule has 2 heteroatoms. The molecule has 0 atom stereocenters. The Kier molecular flexibility index (Phi) is 5.00. The third kappa shape index (κ3) is 4.05. The second-order valence-corrected chi connectivity index (χ2v) is 7.72. The van der Waals surface area contributed by atoms with Crippen LogP contribution in [0, 0.1) is 13.8 Å². The van der Waals surface area contributed by atoms with Gasteiger partial charge in [-0.2, -0.15) is 0 Å². The van der Waals surface area contributed by atoms with Crippen LogP contribution in [0.5, 0.6) is 0 Å². The number of alkyl halides is 2. The van der Waals surface area contributed by atoms with Crippen molar-refractivity contribution in [3.05, 3.63) is 70.3 Å². The number of halogens is 2. The number of aryl methyl sites for hydroxylation is 2. The summed E-state index contributed by atoms with van der Waals surface area (Å²) in [5, 5.41) is 0. The molecule has 2 rings (SSSR count). The standard InChI is InChI=1S/C17H16Br2/c1-12-4-3-5-14(10-12)6-7-15-8-9-16(17(18)19)13(2)11-15/h3-11,17H,1-2H3. The Morgan fingerprint density at radius 3 is 2.16 bits per heavy atom. The lowest BCUT2D eigenvalue weighted by molar-refractivity contribution is 1.31. The van der Waals surface area contributed by atoms with Crippen LogP contribution in [0.15, 0.2) is 42.5 Å². The first kappa shape index (κ1) is 14.5. The molecule has 0 aliphatic carbocycles. The molecule has 0 amide bonds. The second kappa shape index (κ2) is 6.53. The Bertz CT molecular complexity index is 598. The zero-order valence-corrected chi connectivity index (χ0v) is 14.2. The molecule has 0 spiro atoms. The molecule has 98 valence electrons. The highest BCUT2D eigenvalue weighted by molar-refractivity contribution is 9.24. The SMILES string of the molecule is Cc1cccc(C=Cc2ccc(C(Br)Br)c(C)c2)c1. The predicted octanol–water partition coefficient (Wildman–Crippen LogP) is 6.26. The minimum Gasteiger partial charge on any atom is -0.0712 e. The molecule has 0 unspecified atom stereocenters. The largest absolute Gasteiger partial charge is 0.0949 e. The van der Waals surface area contributed by atoms with Gasteiger partial charge in [-0.25, -0.2) is 0 Å². The Balaban J connectivity index is 2.22. The minimum atomic E-state index is 0.217. The van der Waals surface area contributed by atoms with Crippen LogP contribution in [-0.2, 0) is 0 Å². The van der Waals surface area contributed by atoms with Gasteiger partial charge in [0.1, 0.15) is 0 Å². The van der Waals surface area contributed by atoms with Gasteiger partial charge in [-0.05, 0) is 36.1 Å². The fourth-order valence-electron chi connectivity index (χ4n) is 2.01. The van der Waals surface area contributed by atoms with E-state index in [1.54, 1.807) is 0 Å². The van der Waals surface area contributed by atoms with Gasteiger partial charge in [-0.3, -0.25) is 0 Å². The first-order valence-electron chi connectivity index (χ1n) is 6.20. The summed E-state index contributed by atoms with van der Waals surface area (Å²) in [4.78, 5) is 0. The molecule has 0 aromatic heterocycles. The Morgan fingerprint density at radius 2 is 1.58 bits per heavy atom. The predicted molar refractivity (Wildman–Crippen MR) is 91.9 cm³/mol. The molecule has 2 aromatic carbocycles. The van der Waals surface area contributed by atoms with Crippen LogP contribution in [0.1, 0.15) is 31.6 Å². The summed E-state index contributed by atoms with van der Waals surface area (Å²) >= 11 is 7.08. The van der Waals surface area contributed by atoms with Crippen LogP contribution in [0.4, 0.5) is 0 Å². The molecular weight excluding hydrogens is 364 g/mol. The fourth-order valence-corrected chi connectivity index (χ4v) is 3.04. The highest BCUT2D eigenvalue weighted by atomic mass is 79.9. The van der Waals surface area contributed by atoms with E-state index in [1.807, 2.05) is 0 Å². The van der Waals surface area contributed by atoms with E-state index in [0.29, 0.717) is 0 Å². The summed E-state index contributed by atoms with van der Waals surface area (Å²) < 4.78 is 0.217. The van der Waals surface area contributed by atoms with E-state index in [4.69, 9.17) is 0 Å². The summed E-state index contributed by atoms with van der Waals surface area (Å²) in [5.74, 6) is 0. The Hall–Kier alpha value is -0.860. The maximum atomic E-state index is 3.54. The monoisotopic (exact) mass is 378 g/mol. The molecule has 0 bridgehead atoms. The van der Waals surface area contributed by atoms with E-state index >= 15 is 0 Å². The van der Waals surface area contributed by atoms with Gasteiger partial charge >= 0.3 is 0 Å². The summed E-state index contributed by atoms with van der Waals surface area (Å²) in [6.45, 7) is 4.25. The van der Waals surface area contributed by atoms with Gasteiger partial charge in [0.05, 0.1) is 3.74 Å². The lowest BCUT2D eigenvalue weighted by atomic mass is 10.0. The smallest absolute Gasteiger partial charge is 0.0712 e. The molecular formula is C17H16Br2. The van der Waals surface area contributed by atoms with Crippen molar-refractivity contribution in [1.29, 1.82) is 0 Å². The van der Waals surface area contributed by atoms with E-state index in [1.165, 1.54) is 27.8 Å². The van der Waals surface area contributed by atoms with Gasteiger partial charge in [-0.15, -0.1) is 0 Å². The Morgan fingerprint density at radius 1 is 0.895 bits per heavy atom. The zero-order valence-electron chi connectivity index (χ0n) is 11.0. The van der Waals surface area contributed by atoms with Crippen molar-refractivity contribution in [3.8, 4) is 0 Å². The van der Waals surface area contributed by atoms with Crippen molar-refractivity contribution >= 4 is 44.0 Å². The Labute approximate surface area is 131 Å². The summed E-state index contributed by atoms with van der Waals surface area (Å²) in [6.07, 6.45) is 4.31. The number of hydrogen-bond donors (Lipinski definition) is 0. The molecule has 0 heterocycles. The van der Waals surface area contributed by atoms with Gasteiger partial charge in [0, 0.05) is 0 Å². The highest BCUT2D eigenvalue weighted by Crippen LogP contribution is 2.32. The third-order valence-electron chi connectivity index (χ3n) is 3.04. The van der Waals surface area contributed by atoms with Gasteiger partial charge in [0.2, 0.25) is 0 Å². The van der Waals surface area contributed by atoms with E-state index in [-0.39, 0.29) is 3.74 Å². The van der Waals surface area contributed by atoms with Crippen molar-refractivity contribution in [2.75, 3.05) is 0 Å². The van der Waals surface area contributed by atoms with E-state index in [9.17, 15) is 0 Å².